The van der Waals surface area contributed by atoms with E-state index in [2.05, 4.69) is 23.5 Å². The average Bonchev–Trinajstić information content (AvgIpc) is 2.65. The van der Waals surface area contributed by atoms with Crippen LogP contribution in [0.2, 0.25) is 0 Å². The summed E-state index contributed by atoms with van der Waals surface area (Å²) in [7, 11) is -0.655. The normalized spacial score (nSPS) is 17.3. The molecule has 7 heteroatoms. The summed E-state index contributed by atoms with van der Waals surface area (Å²) in [6, 6.07) is 4.96. The monoisotopic (exact) mass is 384 g/mol. The third-order valence-corrected chi connectivity index (χ3v) is 6.28. The van der Waals surface area contributed by atoms with Crippen molar-refractivity contribution in [2.45, 2.75) is 50.5 Å². The SMILES string of the molecule is COc1ccc(S(=O)(=O)NCC(CC(C)C)N2CCCCC2)c(OC)c1. The quantitative estimate of drug-likeness (QED) is 0.709. The second-order valence-corrected chi connectivity index (χ2v) is 8.98. The molecule has 1 N–H and O–H groups in total. The van der Waals surface area contributed by atoms with Gasteiger partial charge in [0.25, 0.3) is 0 Å². The first-order valence-electron chi connectivity index (χ1n) is 9.33. The van der Waals surface area contributed by atoms with Gasteiger partial charge in [-0.05, 0) is 50.4 Å². The number of ether oxygens (including phenoxy) is 2. The lowest BCUT2D eigenvalue weighted by Gasteiger charge is -2.35. The molecule has 1 aliphatic heterocycles. The Labute approximate surface area is 157 Å². The van der Waals surface area contributed by atoms with Crippen LogP contribution in [0.3, 0.4) is 0 Å². The first-order chi connectivity index (χ1) is 12.4. The standard InChI is InChI=1S/C19H32N2O4S/c1-15(2)12-16(21-10-6-5-7-11-21)14-20-26(22,23)19-9-8-17(24-3)13-18(19)25-4/h8-9,13,15-16,20H,5-7,10-12,14H2,1-4H3. The summed E-state index contributed by atoms with van der Waals surface area (Å²) in [6.07, 6.45) is 4.61. The van der Waals surface area contributed by atoms with Gasteiger partial charge in [-0.3, -0.25) is 4.90 Å². The molecule has 1 unspecified atom stereocenters. The number of nitrogens with one attached hydrogen (secondary N) is 1. The van der Waals surface area contributed by atoms with Crippen molar-refractivity contribution >= 4 is 10.0 Å². The van der Waals surface area contributed by atoms with E-state index in [1.165, 1.54) is 39.5 Å². The van der Waals surface area contributed by atoms with Gasteiger partial charge in [0.15, 0.2) is 0 Å². The smallest absolute Gasteiger partial charge is 0.244 e. The van der Waals surface area contributed by atoms with Crippen molar-refractivity contribution in [3.63, 3.8) is 0 Å². The van der Waals surface area contributed by atoms with Crippen LogP contribution in [0.15, 0.2) is 23.1 Å². The molecular weight excluding hydrogens is 352 g/mol. The molecule has 0 radical (unpaired) electrons. The molecule has 1 aromatic rings. The number of piperidine rings is 1. The van der Waals surface area contributed by atoms with Crippen molar-refractivity contribution in [1.82, 2.24) is 9.62 Å². The first kappa shape index (κ1) is 21.0. The molecule has 2 rings (SSSR count). The summed E-state index contributed by atoms with van der Waals surface area (Å²) in [6.45, 7) is 6.86. The number of sulfonamides is 1. The largest absolute Gasteiger partial charge is 0.497 e. The lowest BCUT2D eigenvalue weighted by molar-refractivity contribution is 0.146. The maximum atomic E-state index is 12.8. The minimum atomic E-state index is -3.65. The Morgan fingerprint density at radius 2 is 1.81 bits per heavy atom. The third kappa shape index (κ3) is 5.59. The zero-order valence-electron chi connectivity index (χ0n) is 16.3. The minimum Gasteiger partial charge on any atom is -0.497 e. The van der Waals surface area contributed by atoms with Crippen LogP contribution >= 0.6 is 0 Å². The zero-order chi connectivity index (χ0) is 19.2. The molecule has 0 bridgehead atoms. The van der Waals surface area contributed by atoms with E-state index >= 15 is 0 Å². The Morgan fingerprint density at radius 3 is 2.38 bits per heavy atom. The maximum absolute atomic E-state index is 12.8. The second kappa shape index (κ2) is 9.58. The lowest BCUT2D eigenvalue weighted by atomic mass is 10.00. The Hall–Kier alpha value is -1.31. The van der Waals surface area contributed by atoms with Crippen LogP contribution in [0.1, 0.15) is 39.5 Å². The van der Waals surface area contributed by atoms with Gasteiger partial charge >= 0.3 is 0 Å². The molecule has 1 heterocycles. The lowest BCUT2D eigenvalue weighted by Crippen LogP contribution is -2.46. The average molecular weight is 385 g/mol. The summed E-state index contributed by atoms with van der Waals surface area (Å²) < 4.78 is 38.9. The van der Waals surface area contributed by atoms with Gasteiger partial charge in [-0.2, -0.15) is 0 Å². The Balaban J connectivity index is 2.13. The molecular formula is C19H32N2O4S. The first-order valence-corrected chi connectivity index (χ1v) is 10.8. The van der Waals surface area contributed by atoms with Crippen molar-refractivity contribution in [1.29, 1.82) is 0 Å². The van der Waals surface area contributed by atoms with Gasteiger partial charge in [0.1, 0.15) is 16.4 Å². The Bertz CT molecular complexity index is 670. The molecule has 1 atom stereocenters. The molecule has 6 nitrogen and oxygen atoms in total. The van der Waals surface area contributed by atoms with E-state index in [1.807, 2.05) is 0 Å². The second-order valence-electron chi connectivity index (χ2n) is 7.25. The Morgan fingerprint density at radius 1 is 1.12 bits per heavy atom. The van der Waals surface area contributed by atoms with Gasteiger partial charge in [0, 0.05) is 18.7 Å². The van der Waals surface area contributed by atoms with E-state index in [0.717, 1.165) is 19.5 Å². The number of methoxy groups -OCH3 is 2. The molecule has 26 heavy (non-hydrogen) atoms. The van der Waals surface area contributed by atoms with Crippen molar-refractivity contribution in [3.05, 3.63) is 18.2 Å². The number of likely N-dealkylation sites (tertiary alicyclic amines) is 1. The van der Waals surface area contributed by atoms with Crippen molar-refractivity contribution in [2.75, 3.05) is 33.9 Å². The molecule has 0 aliphatic carbocycles. The molecule has 1 aliphatic rings. The molecule has 0 amide bonds. The summed E-state index contributed by atoms with van der Waals surface area (Å²) in [5.74, 6) is 1.36. The van der Waals surface area contributed by atoms with Crippen LogP contribution in [0.4, 0.5) is 0 Å². The van der Waals surface area contributed by atoms with E-state index in [4.69, 9.17) is 9.47 Å². The van der Waals surface area contributed by atoms with E-state index in [1.54, 1.807) is 12.1 Å². The highest BCUT2D eigenvalue weighted by Gasteiger charge is 2.25. The molecule has 1 saturated heterocycles. The number of hydrogen-bond acceptors (Lipinski definition) is 5. The topological polar surface area (TPSA) is 67.9 Å². The molecule has 148 valence electrons. The van der Waals surface area contributed by atoms with Crippen molar-refractivity contribution in [2.24, 2.45) is 5.92 Å². The van der Waals surface area contributed by atoms with Gasteiger partial charge in [0.05, 0.1) is 14.2 Å². The summed E-state index contributed by atoms with van der Waals surface area (Å²) in [4.78, 5) is 2.57. The van der Waals surface area contributed by atoms with Crippen LogP contribution in [0, 0.1) is 5.92 Å². The number of nitrogens with zero attached hydrogens (tertiary/aromatic N) is 1. The predicted octanol–water partition coefficient (Wildman–Crippen LogP) is 2.88. The van der Waals surface area contributed by atoms with Crippen molar-refractivity contribution < 1.29 is 17.9 Å². The zero-order valence-corrected chi connectivity index (χ0v) is 17.1. The fourth-order valence-corrected chi connectivity index (χ4v) is 4.69. The van der Waals surface area contributed by atoms with E-state index in [-0.39, 0.29) is 16.7 Å². The summed E-state index contributed by atoms with van der Waals surface area (Å²) in [5.41, 5.74) is 0. The molecule has 1 fully saturated rings. The molecule has 0 aromatic heterocycles. The maximum Gasteiger partial charge on any atom is 0.244 e. The molecule has 0 saturated carbocycles. The molecule has 0 spiro atoms. The number of hydrogen-bond donors (Lipinski definition) is 1. The highest BCUT2D eigenvalue weighted by molar-refractivity contribution is 7.89. The van der Waals surface area contributed by atoms with Crippen LogP contribution in [-0.2, 0) is 10.0 Å². The number of rotatable bonds is 9. The van der Waals surface area contributed by atoms with Crippen LogP contribution in [-0.4, -0.2) is 53.2 Å². The third-order valence-electron chi connectivity index (χ3n) is 4.82. The predicted molar refractivity (Wildman–Crippen MR) is 103 cm³/mol. The fraction of sp³-hybridized carbons (Fsp3) is 0.684. The Kier molecular flexibility index (Phi) is 7.73. The van der Waals surface area contributed by atoms with Gasteiger partial charge in [-0.25, -0.2) is 13.1 Å². The van der Waals surface area contributed by atoms with Crippen LogP contribution < -0.4 is 14.2 Å². The van der Waals surface area contributed by atoms with Crippen molar-refractivity contribution in [3.8, 4) is 11.5 Å². The minimum absolute atomic E-state index is 0.141. The summed E-state index contributed by atoms with van der Waals surface area (Å²) in [5, 5.41) is 0. The van der Waals surface area contributed by atoms with Crippen LogP contribution in [0.25, 0.3) is 0 Å². The van der Waals surface area contributed by atoms with Crippen LogP contribution in [0.5, 0.6) is 11.5 Å². The molecule has 1 aromatic carbocycles. The van der Waals surface area contributed by atoms with E-state index in [9.17, 15) is 8.42 Å². The van der Waals surface area contributed by atoms with E-state index < -0.39 is 10.0 Å². The van der Waals surface area contributed by atoms with Gasteiger partial charge in [0.2, 0.25) is 10.0 Å². The van der Waals surface area contributed by atoms with Gasteiger partial charge in [-0.1, -0.05) is 20.3 Å². The van der Waals surface area contributed by atoms with Gasteiger partial charge < -0.3 is 9.47 Å². The number of benzene rings is 1. The fourth-order valence-electron chi connectivity index (χ4n) is 3.47. The highest BCUT2D eigenvalue weighted by Crippen LogP contribution is 2.28. The summed E-state index contributed by atoms with van der Waals surface area (Å²) >= 11 is 0. The van der Waals surface area contributed by atoms with E-state index in [0.29, 0.717) is 18.2 Å². The highest BCUT2D eigenvalue weighted by atomic mass is 32.2. The van der Waals surface area contributed by atoms with Gasteiger partial charge in [-0.15, -0.1) is 0 Å².